The number of hydrogen-bond acceptors (Lipinski definition) is 3. The quantitative estimate of drug-likeness (QED) is 0.176. The number of aromatic nitrogens is 4. The maximum Gasteiger partial charge on any atom is 0.235 e. The predicted molar refractivity (Wildman–Crippen MR) is 240 cm³/mol. The van der Waals surface area contributed by atoms with Gasteiger partial charge in [-0.2, -0.15) is 0 Å². The summed E-state index contributed by atoms with van der Waals surface area (Å²) in [6.45, 7) is 0. The molecule has 0 N–H and O–H groups in total. The van der Waals surface area contributed by atoms with E-state index in [1.165, 1.54) is 48.5 Å². The molecule has 0 saturated carbocycles. The van der Waals surface area contributed by atoms with Crippen molar-refractivity contribution in [3.63, 3.8) is 0 Å². The van der Waals surface area contributed by atoms with Crippen LogP contribution in [0.15, 0.2) is 194 Å². The monoisotopic (exact) mass is 744 g/mol. The molecule has 12 rings (SSSR count). The van der Waals surface area contributed by atoms with Gasteiger partial charge in [-0.25, -0.2) is 9.97 Å². The summed E-state index contributed by atoms with van der Waals surface area (Å²) in [6.07, 6.45) is 0. The lowest BCUT2D eigenvalue weighted by Crippen LogP contribution is -2.04. The maximum atomic E-state index is 5.62. The Labute approximate surface area is 332 Å². The van der Waals surface area contributed by atoms with Crippen LogP contribution in [-0.2, 0) is 0 Å². The van der Waals surface area contributed by atoms with Crippen molar-refractivity contribution in [3.8, 4) is 45.1 Å². The summed E-state index contributed by atoms with van der Waals surface area (Å²) in [7, 11) is 0. The van der Waals surface area contributed by atoms with E-state index >= 15 is 0 Å². The van der Waals surface area contributed by atoms with Gasteiger partial charge in [0, 0.05) is 37.2 Å². The van der Waals surface area contributed by atoms with E-state index in [-0.39, 0.29) is 0 Å². The number of thiophene rings is 1. The van der Waals surface area contributed by atoms with Crippen LogP contribution >= 0.6 is 11.3 Å². The predicted octanol–water partition coefficient (Wildman–Crippen LogP) is 14.0. The largest absolute Gasteiger partial charge is 0.309 e. The molecule has 0 spiro atoms. The molecule has 57 heavy (non-hydrogen) atoms. The van der Waals surface area contributed by atoms with Crippen LogP contribution in [-0.4, -0.2) is 19.1 Å². The molecule has 4 nitrogen and oxygen atoms in total. The Bertz CT molecular complexity index is 3520. The van der Waals surface area contributed by atoms with E-state index in [4.69, 9.17) is 9.97 Å². The average Bonchev–Trinajstić information content (AvgIpc) is 3.94. The van der Waals surface area contributed by atoms with Crippen LogP contribution in [0.1, 0.15) is 0 Å². The fourth-order valence-electron chi connectivity index (χ4n) is 8.77. The number of fused-ring (bicyclic) bond motifs is 9. The van der Waals surface area contributed by atoms with E-state index < -0.39 is 0 Å². The van der Waals surface area contributed by atoms with Gasteiger partial charge >= 0.3 is 0 Å². The SMILES string of the molecule is c1ccc(-c2ccc3c(c2)c2ccccc2n3-c2nc(-c3ccccc3-n3c4ccccc4c4cc(-c5ccccc5)ccc43)c3sc4ccccc4c3n2)cc1. The fourth-order valence-corrected chi connectivity index (χ4v) is 9.92. The molecular weight excluding hydrogens is 713 g/mol. The first-order valence-electron chi connectivity index (χ1n) is 19.3. The van der Waals surface area contributed by atoms with Gasteiger partial charge in [-0.05, 0) is 70.8 Å². The molecule has 12 aromatic rings. The van der Waals surface area contributed by atoms with E-state index in [2.05, 4.69) is 203 Å². The van der Waals surface area contributed by atoms with Gasteiger partial charge in [-0.3, -0.25) is 4.57 Å². The zero-order valence-corrected chi connectivity index (χ0v) is 31.5. The van der Waals surface area contributed by atoms with Crippen LogP contribution < -0.4 is 0 Å². The van der Waals surface area contributed by atoms with Crippen LogP contribution in [0.3, 0.4) is 0 Å². The second kappa shape index (κ2) is 12.6. The van der Waals surface area contributed by atoms with Crippen molar-refractivity contribution in [3.05, 3.63) is 194 Å². The van der Waals surface area contributed by atoms with E-state index in [0.717, 1.165) is 54.6 Å². The number of benzene rings is 8. The number of nitrogens with zero attached hydrogens (tertiary/aromatic N) is 4. The minimum Gasteiger partial charge on any atom is -0.309 e. The number of rotatable bonds is 5. The molecule has 0 amide bonds. The molecule has 4 heterocycles. The smallest absolute Gasteiger partial charge is 0.235 e. The normalized spacial score (nSPS) is 11.9. The van der Waals surface area contributed by atoms with Crippen LogP contribution in [0.2, 0.25) is 0 Å². The van der Waals surface area contributed by atoms with E-state index in [9.17, 15) is 0 Å². The van der Waals surface area contributed by atoms with E-state index in [1.807, 2.05) is 0 Å². The van der Waals surface area contributed by atoms with Gasteiger partial charge in [0.2, 0.25) is 5.95 Å². The van der Waals surface area contributed by atoms with Crippen LogP contribution in [0.4, 0.5) is 0 Å². The van der Waals surface area contributed by atoms with E-state index in [0.29, 0.717) is 5.95 Å². The Morgan fingerprint density at radius 1 is 0.368 bits per heavy atom. The summed E-state index contributed by atoms with van der Waals surface area (Å²) in [6, 6.07) is 69.5. The summed E-state index contributed by atoms with van der Waals surface area (Å²) >= 11 is 1.77. The zero-order valence-electron chi connectivity index (χ0n) is 30.7. The molecule has 8 aromatic carbocycles. The van der Waals surface area contributed by atoms with Crippen molar-refractivity contribution in [2.45, 2.75) is 0 Å². The van der Waals surface area contributed by atoms with Gasteiger partial charge in [0.1, 0.15) is 0 Å². The molecule has 0 bridgehead atoms. The molecule has 0 unspecified atom stereocenters. The molecule has 4 aromatic heterocycles. The first-order valence-corrected chi connectivity index (χ1v) is 20.1. The van der Waals surface area contributed by atoms with Crippen LogP contribution in [0, 0.1) is 0 Å². The summed E-state index contributed by atoms with van der Waals surface area (Å²) in [5.41, 5.74) is 13.3. The molecule has 0 aliphatic carbocycles. The van der Waals surface area contributed by atoms with Gasteiger partial charge in [0.05, 0.1) is 43.7 Å². The fraction of sp³-hybridized carbons (Fsp3) is 0. The average molecular weight is 745 g/mol. The second-order valence-electron chi connectivity index (χ2n) is 14.6. The Morgan fingerprint density at radius 2 is 0.877 bits per heavy atom. The first-order chi connectivity index (χ1) is 28.3. The van der Waals surface area contributed by atoms with Gasteiger partial charge in [0.25, 0.3) is 0 Å². The molecule has 5 heteroatoms. The van der Waals surface area contributed by atoms with Crippen LogP contribution in [0.25, 0.3) is 109 Å². The second-order valence-corrected chi connectivity index (χ2v) is 15.6. The lowest BCUT2D eigenvalue weighted by Gasteiger charge is -2.15. The summed E-state index contributed by atoms with van der Waals surface area (Å²) < 4.78 is 6.94. The standard InChI is InChI=1S/C52H32N4S/c1-3-15-33(16-4-1)35-27-29-46-41(31-35)37-19-7-11-23-43(37)55(46)45-25-13-9-21-39(45)49-51-50(40-22-10-14-26-48(40)57-51)54-52(53-49)56-44-24-12-8-20-38(44)42-32-36(28-30-47(42)56)34-17-5-2-6-18-34/h1-32H. The molecule has 0 saturated heterocycles. The Hall–Kier alpha value is -7.34. The van der Waals surface area contributed by atoms with Crippen molar-refractivity contribution in [2.75, 3.05) is 0 Å². The third-order valence-electron chi connectivity index (χ3n) is 11.4. The lowest BCUT2D eigenvalue weighted by molar-refractivity contribution is 1.02. The maximum absolute atomic E-state index is 5.62. The van der Waals surface area contributed by atoms with E-state index in [1.54, 1.807) is 11.3 Å². The van der Waals surface area contributed by atoms with Gasteiger partial charge in [-0.1, -0.05) is 146 Å². The van der Waals surface area contributed by atoms with Crippen molar-refractivity contribution in [1.82, 2.24) is 19.1 Å². The Morgan fingerprint density at radius 3 is 1.54 bits per heavy atom. The summed E-state index contributed by atoms with van der Waals surface area (Å²) in [5.74, 6) is 0.657. The molecule has 0 radical (unpaired) electrons. The third kappa shape index (κ3) is 4.93. The molecular formula is C52H32N4S. The lowest BCUT2D eigenvalue weighted by atomic mass is 10.0. The molecule has 0 aliphatic rings. The Kier molecular flexibility index (Phi) is 7.06. The Balaban J connectivity index is 1.14. The first kappa shape index (κ1) is 32.0. The highest BCUT2D eigenvalue weighted by molar-refractivity contribution is 7.26. The van der Waals surface area contributed by atoms with Gasteiger partial charge in [0.15, 0.2) is 0 Å². The van der Waals surface area contributed by atoms with Crippen LogP contribution in [0.5, 0.6) is 0 Å². The molecule has 0 fully saturated rings. The molecule has 0 aliphatic heterocycles. The van der Waals surface area contributed by atoms with Gasteiger partial charge < -0.3 is 4.57 Å². The summed E-state index contributed by atoms with van der Waals surface area (Å²) in [4.78, 5) is 11.1. The topological polar surface area (TPSA) is 35.6 Å². The van der Waals surface area contributed by atoms with Crippen molar-refractivity contribution in [2.24, 2.45) is 0 Å². The highest BCUT2D eigenvalue weighted by Gasteiger charge is 2.23. The van der Waals surface area contributed by atoms with Gasteiger partial charge in [-0.15, -0.1) is 11.3 Å². The van der Waals surface area contributed by atoms with Crippen molar-refractivity contribution in [1.29, 1.82) is 0 Å². The third-order valence-corrected chi connectivity index (χ3v) is 12.5. The zero-order chi connectivity index (χ0) is 37.5. The summed E-state index contributed by atoms with van der Waals surface area (Å²) in [5, 5.41) is 5.92. The van der Waals surface area contributed by atoms with Crippen molar-refractivity contribution >= 4 is 75.3 Å². The number of hydrogen-bond donors (Lipinski definition) is 0. The van der Waals surface area contributed by atoms with Crippen molar-refractivity contribution < 1.29 is 0 Å². The molecule has 0 atom stereocenters. The minimum absolute atomic E-state index is 0.657. The minimum atomic E-state index is 0.657. The number of para-hydroxylation sites is 3. The highest BCUT2D eigenvalue weighted by atomic mass is 32.1. The molecule has 266 valence electrons. The highest BCUT2D eigenvalue weighted by Crippen LogP contribution is 2.44.